The molecule has 20 heteroatoms. The largest absolute Gasteiger partial charge is 0.488 e. The van der Waals surface area contributed by atoms with Gasteiger partial charge in [0.15, 0.2) is 11.5 Å². The number of carbonyl (C=O) groups is 3. The molecule has 6 aromatic rings. The number of carboxylic acids is 1. The van der Waals surface area contributed by atoms with E-state index in [2.05, 4.69) is 15.5 Å². The van der Waals surface area contributed by atoms with E-state index in [1.165, 1.54) is 28.9 Å². The fourth-order valence-corrected chi connectivity index (χ4v) is 7.37. The minimum Gasteiger partial charge on any atom is -0.488 e. The number of nitrogens with zero attached hydrogens (tertiary/aromatic N) is 5. The molecule has 0 atom stereocenters. The summed E-state index contributed by atoms with van der Waals surface area (Å²) in [6, 6.07) is 19.7. The highest BCUT2D eigenvalue weighted by Crippen LogP contribution is 2.28. The second kappa shape index (κ2) is 23.0. The summed E-state index contributed by atoms with van der Waals surface area (Å²) in [5.74, 6) is -2.47. The molecule has 0 radical (unpaired) electrons. The van der Waals surface area contributed by atoms with Gasteiger partial charge in [0.2, 0.25) is 0 Å². The molecule has 1 saturated heterocycles. The lowest BCUT2D eigenvalue weighted by atomic mass is 9.98. The molecule has 2 N–H and O–H groups in total. The van der Waals surface area contributed by atoms with Crippen molar-refractivity contribution in [3.05, 3.63) is 158 Å². The summed E-state index contributed by atoms with van der Waals surface area (Å²) in [6.45, 7) is 10.7. The maximum absolute atomic E-state index is 14.1. The first-order valence-corrected chi connectivity index (χ1v) is 22.4. The normalized spacial score (nSPS) is 12.8. The summed E-state index contributed by atoms with van der Waals surface area (Å²) in [6.07, 6.45) is 0.460. The number of carbonyl (C=O) groups excluding carboxylic acids is 2. The highest BCUT2D eigenvalue weighted by molar-refractivity contribution is 6.31. The van der Waals surface area contributed by atoms with Gasteiger partial charge in [0.25, 0.3) is 0 Å². The van der Waals surface area contributed by atoms with Crippen LogP contribution in [0.25, 0.3) is 0 Å². The molecule has 4 aromatic carbocycles. The Hall–Kier alpha value is -6.79. The molecule has 2 aromatic heterocycles. The zero-order valence-electron chi connectivity index (χ0n) is 38.3. The number of aryl methyl sites for hydroxylation is 2. The van der Waals surface area contributed by atoms with Gasteiger partial charge in [-0.15, -0.1) is 0 Å². The van der Waals surface area contributed by atoms with Gasteiger partial charge in [-0.25, -0.2) is 31.9 Å². The minimum absolute atomic E-state index is 0.0645. The van der Waals surface area contributed by atoms with Gasteiger partial charge in [-0.1, -0.05) is 23.2 Å². The number of halogens is 6. The fraction of sp³-hybridized carbons (Fsp3) is 0.327. The number of hydrogen-bond acceptors (Lipinski definition) is 9. The number of aromatic carboxylic acids is 1. The quantitative estimate of drug-likeness (QED) is 0.101. The van der Waals surface area contributed by atoms with E-state index in [0.717, 1.165) is 23.9 Å². The molecule has 0 unspecified atom stereocenters. The maximum atomic E-state index is 14.1. The number of nitrogens with one attached hydrogen (secondary N) is 1. The number of benzene rings is 4. The van der Waals surface area contributed by atoms with Crippen LogP contribution in [0, 0.1) is 43.0 Å². The molecule has 1 fully saturated rings. The lowest BCUT2D eigenvalue weighted by Crippen LogP contribution is -2.42. The second-order valence-corrected chi connectivity index (χ2v) is 18.0. The van der Waals surface area contributed by atoms with Crippen LogP contribution in [0.3, 0.4) is 0 Å². The average Bonchev–Trinajstić information content (AvgIpc) is 3.82. The van der Waals surface area contributed by atoms with Crippen molar-refractivity contribution >= 4 is 47.2 Å². The molecule has 3 heterocycles. The Morgan fingerprint density at radius 3 is 1.70 bits per heavy atom. The molecule has 14 nitrogen and oxygen atoms in total. The number of aromatic nitrogens is 4. The zero-order chi connectivity index (χ0) is 50.0. The van der Waals surface area contributed by atoms with Crippen molar-refractivity contribution in [3.63, 3.8) is 0 Å². The van der Waals surface area contributed by atoms with Gasteiger partial charge in [-0.05, 0) is 120 Å². The van der Waals surface area contributed by atoms with Crippen LogP contribution < -0.4 is 14.8 Å². The third-order valence-electron chi connectivity index (χ3n) is 10.6. The summed E-state index contributed by atoms with van der Waals surface area (Å²) in [5.41, 5.74) is 2.56. The zero-order valence-corrected chi connectivity index (χ0v) is 39.8. The van der Waals surface area contributed by atoms with Gasteiger partial charge in [-0.2, -0.15) is 10.2 Å². The van der Waals surface area contributed by atoms with Crippen LogP contribution in [0.5, 0.6) is 11.5 Å². The minimum atomic E-state index is -1.12. The molecular formula is C49H50Cl2F4N6O8. The number of piperidine rings is 1. The van der Waals surface area contributed by atoms with Crippen LogP contribution in [0.1, 0.15) is 77.7 Å². The van der Waals surface area contributed by atoms with Gasteiger partial charge in [-0.3, -0.25) is 14.7 Å². The van der Waals surface area contributed by atoms with Crippen LogP contribution in [0.15, 0.2) is 84.9 Å². The molecule has 69 heavy (non-hydrogen) atoms. The highest BCUT2D eigenvalue weighted by atomic mass is 35.5. The first kappa shape index (κ1) is 51.6. The number of rotatable bonds is 14. The Bertz CT molecular complexity index is 2790. The van der Waals surface area contributed by atoms with Crippen LogP contribution >= 0.6 is 23.2 Å². The summed E-state index contributed by atoms with van der Waals surface area (Å²) in [5, 5.41) is 21.2. The molecule has 0 aliphatic carbocycles. The van der Waals surface area contributed by atoms with E-state index in [-0.39, 0.29) is 61.7 Å². The van der Waals surface area contributed by atoms with E-state index in [1.807, 2.05) is 27.7 Å². The van der Waals surface area contributed by atoms with Crippen LogP contribution in [0.4, 0.5) is 33.0 Å². The molecule has 7 rings (SSSR count). The van der Waals surface area contributed by atoms with Crippen LogP contribution in [-0.4, -0.2) is 73.0 Å². The third kappa shape index (κ3) is 15.1. The Balaban J connectivity index is 0.000000249. The average molecular weight is 998 g/mol. The Morgan fingerprint density at radius 1 is 0.710 bits per heavy atom. The predicted octanol–water partition coefficient (Wildman–Crippen LogP) is 11.4. The molecule has 2 amide bonds. The van der Waals surface area contributed by atoms with Crippen molar-refractivity contribution in [2.24, 2.45) is 5.92 Å². The number of likely N-dealkylation sites (tertiary alicyclic amines) is 1. The summed E-state index contributed by atoms with van der Waals surface area (Å²) in [7, 11) is 0. The fourth-order valence-electron chi connectivity index (χ4n) is 6.98. The van der Waals surface area contributed by atoms with Crippen molar-refractivity contribution in [2.45, 2.75) is 79.4 Å². The van der Waals surface area contributed by atoms with E-state index in [0.29, 0.717) is 70.1 Å². The molecular weight excluding hydrogens is 947 g/mol. The van der Waals surface area contributed by atoms with E-state index in [4.69, 9.17) is 47.3 Å². The first-order valence-electron chi connectivity index (χ1n) is 21.6. The molecule has 0 spiro atoms. The Morgan fingerprint density at radius 2 is 1.22 bits per heavy atom. The van der Waals surface area contributed by atoms with Crippen molar-refractivity contribution in [1.82, 2.24) is 24.5 Å². The Kier molecular flexibility index (Phi) is 17.2. The summed E-state index contributed by atoms with van der Waals surface area (Å²) < 4.78 is 79.6. The van der Waals surface area contributed by atoms with Gasteiger partial charge in [0.05, 0.1) is 19.7 Å². The van der Waals surface area contributed by atoms with Gasteiger partial charge >= 0.3 is 18.2 Å². The van der Waals surface area contributed by atoms with E-state index < -0.39 is 40.9 Å². The lowest BCUT2D eigenvalue weighted by Gasteiger charge is -2.33. The molecule has 366 valence electrons. The maximum Gasteiger partial charge on any atom is 0.412 e. The van der Waals surface area contributed by atoms with Gasteiger partial charge < -0.3 is 29.0 Å². The van der Waals surface area contributed by atoms with Gasteiger partial charge in [0.1, 0.15) is 53.6 Å². The summed E-state index contributed by atoms with van der Waals surface area (Å²) in [4.78, 5) is 37.5. The number of hydrogen-bond donors (Lipinski definition) is 2. The van der Waals surface area contributed by atoms with E-state index >= 15 is 0 Å². The topological polar surface area (TPSA) is 159 Å². The smallest absolute Gasteiger partial charge is 0.412 e. The number of ether oxygens (including phenoxy) is 4. The first-order chi connectivity index (χ1) is 32.7. The number of anilines is 1. The molecule has 1 aliphatic heterocycles. The standard InChI is InChI=1S/C30H35ClF2N4O5.C19H15ClF2N2O3/c1-19-13-27(34-28(38)41-17-20-9-11-36(12-10-20)29(39)42-30(2,3)4)35-37(19)16-22-14-23(31)6-8-26(22)40-18-21-5-7-24(32)15-25(21)33;1-11-6-17(19(25)26)23-24(11)9-13-7-14(20)3-5-18(13)27-10-12-2-4-15(21)8-16(12)22/h5-8,13-15,20H,9-12,16-18H2,1-4H3,(H,34,35,38);2-8H,9-10H2,1H3,(H,25,26). The SMILES string of the molecule is Cc1cc(C(=O)O)nn1Cc1cc(Cl)ccc1OCc1ccc(F)cc1F.Cc1cc(NC(=O)OCC2CCN(C(=O)OC(C)(C)C)CC2)nn1Cc1cc(Cl)ccc1OCc1ccc(F)cc1F. The molecule has 1 aliphatic rings. The van der Waals surface area contributed by atoms with Crippen molar-refractivity contribution < 1.29 is 56.0 Å². The van der Waals surface area contributed by atoms with Crippen molar-refractivity contribution in [3.8, 4) is 11.5 Å². The van der Waals surface area contributed by atoms with Gasteiger partial charge in [0, 0.05) is 75.0 Å². The lowest BCUT2D eigenvalue weighted by molar-refractivity contribution is 0.0152. The predicted molar refractivity (Wildman–Crippen MR) is 249 cm³/mol. The van der Waals surface area contributed by atoms with E-state index in [9.17, 15) is 31.9 Å². The van der Waals surface area contributed by atoms with Crippen LogP contribution in [-0.2, 0) is 35.8 Å². The van der Waals surface area contributed by atoms with Crippen molar-refractivity contribution in [1.29, 1.82) is 0 Å². The van der Waals surface area contributed by atoms with Crippen LogP contribution in [0.2, 0.25) is 10.0 Å². The Labute approximate surface area is 405 Å². The molecule has 0 saturated carbocycles. The molecule has 0 bridgehead atoms. The van der Waals surface area contributed by atoms with Crippen molar-refractivity contribution in [2.75, 3.05) is 25.0 Å². The second-order valence-electron chi connectivity index (χ2n) is 17.1. The number of amides is 2. The third-order valence-corrected chi connectivity index (χ3v) is 11.1. The monoisotopic (exact) mass is 996 g/mol. The summed E-state index contributed by atoms with van der Waals surface area (Å²) >= 11 is 12.3. The highest BCUT2D eigenvalue weighted by Gasteiger charge is 2.28. The number of carboxylic acid groups (broad SMARTS) is 1. The van der Waals surface area contributed by atoms with E-state index in [1.54, 1.807) is 59.0 Å².